The molecule has 0 saturated heterocycles. The lowest BCUT2D eigenvalue weighted by Gasteiger charge is -2.28. The highest BCUT2D eigenvalue weighted by Crippen LogP contribution is 2.24. The van der Waals surface area contributed by atoms with Crippen LogP contribution in [0.5, 0.6) is 0 Å². The lowest BCUT2D eigenvalue weighted by molar-refractivity contribution is -0.138. The molecule has 0 aliphatic carbocycles. The van der Waals surface area contributed by atoms with E-state index >= 15 is 0 Å². The van der Waals surface area contributed by atoms with Crippen LogP contribution in [0, 0.1) is 5.92 Å². The molecular formula is C23H34O5. The molecule has 156 valence electrons. The highest BCUT2D eigenvalue weighted by molar-refractivity contribution is 5.87. The van der Waals surface area contributed by atoms with E-state index in [0.29, 0.717) is 38.2 Å². The van der Waals surface area contributed by atoms with Crippen molar-refractivity contribution in [3.8, 4) is 0 Å². The minimum Gasteiger partial charge on any atom is -0.463 e. The Morgan fingerprint density at radius 3 is 2.61 bits per heavy atom. The molecule has 0 aliphatic heterocycles. The van der Waals surface area contributed by atoms with E-state index < -0.39 is 11.7 Å². The summed E-state index contributed by atoms with van der Waals surface area (Å²) in [5.74, 6) is -0.513. The van der Waals surface area contributed by atoms with Gasteiger partial charge in [-0.25, -0.2) is 4.79 Å². The molecule has 28 heavy (non-hydrogen) atoms. The van der Waals surface area contributed by atoms with Gasteiger partial charge in [-0.15, -0.1) is 6.58 Å². The predicted octanol–water partition coefficient (Wildman–Crippen LogP) is 3.80. The van der Waals surface area contributed by atoms with Crippen LogP contribution in [0.25, 0.3) is 0 Å². The zero-order valence-corrected chi connectivity index (χ0v) is 17.3. The number of carbonyl (C=O) groups excluding carboxylic acids is 1. The van der Waals surface area contributed by atoms with Crippen molar-refractivity contribution < 1.29 is 24.5 Å². The number of carbonyl (C=O) groups is 1. The first kappa shape index (κ1) is 24.1. The number of allylic oxidation sites excluding steroid dienone is 1. The van der Waals surface area contributed by atoms with Gasteiger partial charge < -0.3 is 19.7 Å². The SMILES string of the molecule is C=CC(C)(O)C[C@@H](O)[C@@H](C/C=C(\C)C(=O)OCC)CCOCc1ccccc1. The molecule has 1 unspecified atom stereocenters. The molecular weight excluding hydrogens is 356 g/mol. The van der Waals surface area contributed by atoms with E-state index in [2.05, 4.69) is 6.58 Å². The van der Waals surface area contributed by atoms with Crippen LogP contribution in [-0.4, -0.2) is 41.1 Å². The van der Waals surface area contributed by atoms with Crippen molar-refractivity contribution in [1.29, 1.82) is 0 Å². The van der Waals surface area contributed by atoms with Gasteiger partial charge in [-0.2, -0.15) is 0 Å². The summed E-state index contributed by atoms with van der Waals surface area (Å²) in [6.07, 6.45) is 3.73. The average molecular weight is 391 g/mol. The Labute approximate surface area is 168 Å². The van der Waals surface area contributed by atoms with Gasteiger partial charge in [0.25, 0.3) is 0 Å². The van der Waals surface area contributed by atoms with E-state index in [0.717, 1.165) is 5.56 Å². The second kappa shape index (κ2) is 12.5. The zero-order chi connectivity index (χ0) is 21.0. The normalized spacial score (nSPS) is 16.1. The van der Waals surface area contributed by atoms with Gasteiger partial charge in [0.2, 0.25) is 0 Å². The monoisotopic (exact) mass is 390 g/mol. The molecule has 0 aliphatic rings. The van der Waals surface area contributed by atoms with E-state index in [9.17, 15) is 15.0 Å². The maximum absolute atomic E-state index is 11.8. The predicted molar refractivity (Wildman–Crippen MR) is 111 cm³/mol. The minimum atomic E-state index is -1.15. The van der Waals surface area contributed by atoms with Gasteiger partial charge >= 0.3 is 5.97 Å². The summed E-state index contributed by atoms with van der Waals surface area (Å²) in [6, 6.07) is 9.88. The molecule has 0 heterocycles. The van der Waals surface area contributed by atoms with Crippen molar-refractivity contribution >= 4 is 5.97 Å². The van der Waals surface area contributed by atoms with Gasteiger partial charge in [0.15, 0.2) is 0 Å². The van der Waals surface area contributed by atoms with Gasteiger partial charge in [-0.1, -0.05) is 42.5 Å². The van der Waals surface area contributed by atoms with Crippen LogP contribution < -0.4 is 0 Å². The first-order chi connectivity index (χ1) is 13.3. The van der Waals surface area contributed by atoms with E-state index in [1.165, 1.54) is 6.08 Å². The Kier molecular flexibility index (Phi) is 10.8. The maximum Gasteiger partial charge on any atom is 0.333 e. The standard InChI is InChI=1S/C23H34O5/c1-5-23(4,26)16-21(24)20(13-12-18(3)22(25)28-6-2)14-15-27-17-19-10-8-7-9-11-19/h5,7-12,20-21,24,26H,1,6,13-17H2,2-4H3/b18-12+/t20-,21+,23?/m0/s1. The van der Waals surface area contributed by atoms with Crippen molar-refractivity contribution in [3.63, 3.8) is 0 Å². The van der Waals surface area contributed by atoms with Gasteiger partial charge in [-0.3, -0.25) is 0 Å². The highest BCUT2D eigenvalue weighted by atomic mass is 16.5. The summed E-state index contributed by atoms with van der Waals surface area (Å²) >= 11 is 0. The van der Waals surface area contributed by atoms with Crippen LogP contribution in [-0.2, 0) is 20.9 Å². The summed E-state index contributed by atoms with van der Waals surface area (Å²) in [5.41, 5.74) is 0.453. The van der Waals surface area contributed by atoms with Crippen molar-refractivity contribution in [1.82, 2.24) is 0 Å². The van der Waals surface area contributed by atoms with Crippen LogP contribution in [0.4, 0.5) is 0 Å². The average Bonchev–Trinajstić information content (AvgIpc) is 2.67. The zero-order valence-electron chi connectivity index (χ0n) is 17.3. The summed E-state index contributed by atoms with van der Waals surface area (Å²) in [5, 5.41) is 20.8. The van der Waals surface area contributed by atoms with E-state index in [1.54, 1.807) is 26.8 Å². The maximum atomic E-state index is 11.8. The molecule has 1 rings (SSSR count). The topological polar surface area (TPSA) is 76.0 Å². The van der Waals surface area contributed by atoms with Gasteiger partial charge in [0.1, 0.15) is 0 Å². The third-order valence-corrected chi connectivity index (χ3v) is 4.68. The lowest BCUT2D eigenvalue weighted by Crippen LogP contribution is -2.32. The summed E-state index contributed by atoms with van der Waals surface area (Å²) < 4.78 is 10.7. The third kappa shape index (κ3) is 9.31. The third-order valence-electron chi connectivity index (χ3n) is 4.68. The Morgan fingerprint density at radius 1 is 1.32 bits per heavy atom. The number of aliphatic hydroxyl groups is 2. The molecule has 2 N–H and O–H groups in total. The van der Waals surface area contributed by atoms with Crippen LogP contribution in [0.15, 0.2) is 54.6 Å². The molecule has 0 fully saturated rings. The Balaban J connectivity index is 2.66. The molecule has 3 atom stereocenters. The number of rotatable bonds is 13. The molecule has 0 radical (unpaired) electrons. The molecule has 0 amide bonds. The first-order valence-corrected chi connectivity index (χ1v) is 9.78. The minimum absolute atomic E-state index is 0.161. The van der Waals surface area contributed by atoms with Gasteiger partial charge in [0.05, 0.1) is 24.9 Å². The Hall–Kier alpha value is -1.95. The van der Waals surface area contributed by atoms with Crippen molar-refractivity contribution in [2.75, 3.05) is 13.2 Å². The fourth-order valence-electron chi connectivity index (χ4n) is 2.80. The molecule has 5 nitrogen and oxygen atoms in total. The fraction of sp³-hybridized carbons (Fsp3) is 0.522. The molecule has 0 bridgehead atoms. The number of benzene rings is 1. The first-order valence-electron chi connectivity index (χ1n) is 9.78. The van der Waals surface area contributed by atoms with Crippen LogP contribution in [0.3, 0.4) is 0 Å². The highest BCUT2D eigenvalue weighted by Gasteiger charge is 2.26. The second-order valence-corrected chi connectivity index (χ2v) is 7.26. The number of esters is 1. The molecule has 5 heteroatoms. The second-order valence-electron chi connectivity index (χ2n) is 7.26. The van der Waals surface area contributed by atoms with E-state index in [4.69, 9.17) is 9.47 Å². The van der Waals surface area contributed by atoms with Gasteiger partial charge in [-0.05, 0) is 45.1 Å². The van der Waals surface area contributed by atoms with E-state index in [-0.39, 0.29) is 18.3 Å². The van der Waals surface area contributed by atoms with Crippen molar-refractivity contribution in [3.05, 3.63) is 60.2 Å². The Morgan fingerprint density at radius 2 is 2.00 bits per heavy atom. The Bertz CT molecular complexity index is 621. The molecule has 1 aromatic rings. The molecule has 1 aromatic carbocycles. The van der Waals surface area contributed by atoms with Gasteiger partial charge in [0, 0.05) is 18.6 Å². The number of hydrogen-bond acceptors (Lipinski definition) is 5. The summed E-state index contributed by atoms with van der Waals surface area (Å²) in [7, 11) is 0. The quantitative estimate of drug-likeness (QED) is 0.232. The largest absolute Gasteiger partial charge is 0.463 e. The van der Waals surface area contributed by atoms with E-state index in [1.807, 2.05) is 30.3 Å². The van der Waals surface area contributed by atoms with Crippen LogP contribution >= 0.6 is 0 Å². The van der Waals surface area contributed by atoms with Crippen molar-refractivity contribution in [2.45, 2.75) is 58.3 Å². The molecule has 0 aromatic heterocycles. The van der Waals surface area contributed by atoms with Crippen LogP contribution in [0.1, 0.15) is 45.6 Å². The van der Waals surface area contributed by atoms with Crippen molar-refractivity contribution in [2.24, 2.45) is 5.92 Å². The number of aliphatic hydroxyl groups excluding tert-OH is 1. The summed E-state index contributed by atoms with van der Waals surface area (Å²) in [6.45, 7) is 10.00. The molecule has 0 saturated carbocycles. The summed E-state index contributed by atoms with van der Waals surface area (Å²) in [4.78, 5) is 11.8. The smallest absolute Gasteiger partial charge is 0.333 e. The number of ether oxygens (including phenoxy) is 2. The van der Waals surface area contributed by atoms with Crippen LogP contribution in [0.2, 0.25) is 0 Å². The lowest BCUT2D eigenvalue weighted by atomic mass is 9.86. The fourth-order valence-corrected chi connectivity index (χ4v) is 2.80. The number of hydrogen-bond donors (Lipinski definition) is 2. The molecule has 0 spiro atoms.